The van der Waals surface area contributed by atoms with E-state index in [4.69, 9.17) is 0 Å². The van der Waals surface area contributed by atoms with Crippen LogP contribution in [0.2, 0.25) is 0 Å². The largest absolute Gasteiger partial charge is 0.328 e. The highest BCUT2D eigenvalue weighted by Gasteiger charge is 2.19. The van der Waals surface area contributed by atoms with E-state index in [1.165, 1.54) is 17.0 Å². The number of hydrogen-bond donors (Lipinski definition) is 0. The van der Waals surface area contributed by atoms with E-state index >= 15 is 0 Å². The number of pyridine rings is 1. The first kappa shape index (κ1) is 8.65. The van der Waals surface area contributed by atoms with Crippen LogP contribution in [0.25, 0.3) is 11.4 Å². The molecule has 0 atom stereocenters. The van der Waals surface area contributed by atoms with Crippen LogP contribution in [0.1, 0.15) is 18.3 Å². The Balaban J connectivity index is 2.22. The fraction of sp³-hybridized carbons (Fsp3) is 0.333. The van der Waals surface area contributed by atoms with E-state index in [-0.39, 0.29) is 0 Å². The molecule has 0 saturated heterocycles. The van der Waals surface area contributed by atoms with Crippen molar-refractivity contribution >= 4 is 0 Å². The van der Waals surface area contributed by atoms with Gasteiger partial charge in [-0.05, 0) is 18.6 Å². The summed E-state index contributed by atoms with van der Waals surface area (Å²) in [6.45, 7) is 3.19. The molecule has 0 spiro atoms. The van der Waals surface area contributed by atoms with Gasteiger partial charge in [0.1, 0.15) is 5.82 Å². The quantitative estimate of drug-likeness (QED) is 0.704. The molecule has 2 aromatic heterocycles. The summed E-state index contributed by atoms with van der Waals surface area (Å²) in [4.78, 5) is 8.89. The van der Waals surface area contributed by atoms with Crippen molar-refractivity contribution in [1.29, 1.82) is 0 Å². The van der Waals surface area contributed by atoms with E-state index < -0.39 is 0 Å². The molecule has 15 heavy (non-hydrogen) atoms. The van der Waals surface area contributed by atoms with Crippen molar-refractivity contribution < 1.29 is 0 Å². The third kappa shape index (κ3) is 1.19. The molecule has 3 rings (SSSR count). The van der Waals surface area contributed by atoms with Gasteiger partial charge in [-0.3, -0.25) is 4.98 Å². The molecule has 3 heterocycles. The second-order valence-corrected chi connectivity index (χ2v) is 3.83. The maximum atomic E-state index is 4.49. The van der Waals surface area contributed by atoms with Crippen LogP contribution in [0.4, 0.5) is 0 Å². The highest BCUT2D eigenvalue weighted by Crippen LogP contribution is 2.27. The van der Waals surface area contributed by atoms with Crippen LogP contribution in [-0.4, -0.2) is 14.5 Å². The first-order valence-corrected chi connectivity index (χ1v) is 5.39. The molecule has 0 radical (unpaired) electrons. The molecule has 0 bridgehead atoms. The second-order valence-electron chi connectivity index (χ2n) is 3.83. The van der Waals surface area contributed by atoms with Gasteiger partial charge in [0.25, 0.3) is 0 Å². The molecule has 0 fully saturated rings. The van der Waals surface area contributed by atoms with Gasteiger partial charge in [0.05, 0.1) is 5.69 Å². The Bertz CT molecular complexity index is 499. The van der Waals surface area contributed by atoms with Crippen molar-refractivity contribution in [3.05, 3.63) is 35.9 Å². The molecule has 76 valence electrons. The topological polar surface area (TPSA) is 30.7 Å². The molecule has 0 amide bonds. The zero-order valence-electron chi connectivity index (χ0n) is 8.77. The lowest BCUT2D eigenvalue weighted by molar-refractivity contribution is 0.644. The van der Waals surface area contributed by atoms with E-state index in [1.807, 2.05) is 18.5 Å². The first-order valence-electron chi connectivity index (χ1n) is 5.39. The van der Waals surface area contributed by atoms with Crippen molar-refractivity contribution in [3.63, 3.8) is 0 Å². The Kier molecular flexibility index (Phi) is 1.84. The average Bonchev–Trinajstić information content (AvgIpc) is 2.72. The van der Waals surface area contributed by atoms with E-state index in [9.17, 15) is 0 Å². The number of fused-ring (bicyclic) bond motifs is 3. The molecule has 0 N–H and O–H groups in total. The van der Waals surface area contributed by atoms with Crippen molar-refractivity contribution in [2.24, 2.45) is 0 Å². The molecule has 1 aliphatic rings. The van der Waals surface area contributed by atoms with Crippen LogP contribution in [-0.2, 0) is 19.4 Å². The number of imidazole rings is 1. The maximum absolute atomic E-state index is 4.49. The van der Waals surface area contributed by atoms with E-state index in [2.05, 4.69) is 27.5 Å². The molecule has 0 aromatic carbocycles. The highest BCUT2D eigenvalue weighted by molar-refractivity contribution is 5.60. The van der Waals surface area contributed by atoms with E-state index in [0.29, 0.717) is 0 Å². The van der Waals surface area contributed by atoms with Gasteiger partial charge in [-0.25, -0.2) is 4.98 Å². The number of nitrogens with zero attached hydrogens (tertiary/aromatic N) is 3. The molecular formula is C12H13N3. The van der Waals surface area contributed by atoms with Gasteiger partial charge in [-0.15, -0.1) is 0 Å². The third-order valence-corrected chi connectivity index (χ3v) is 3.00. The van der Waals surface area contributed by atoms with Crippen molar-refractivity contribution in [3.8, 4) is 11.4 Å². The lowest BCUT2D eigenvalue weighted by Gasteiger charge is -2.18. The van der Waals surface area contributed by atoms with Crippen LogP contribution >= 0.6 is 0 Å². The monoisotopic (exact) mass is 199 g/mol. The Labute approximate surface area is 88.8 Å². The Morgan fingerprint density at radius 3 is 3.20 bits per heavy atom. The normalized spacial score (nSPS) is 13.4. The Morgan fingerprint density at radius 1 is 1.40 bits per heavy atom. The molecule has 3 heteroatoms. The number of aryl methyl sites for hydroxylation is 2. The summed E-state index contributed by atoms with van der Waals surface area (Å²) >= 11 is 0. The van der Waals surface area contributed by atoms with Gasteiger partial charge in [-0.2, -0.15) is 0 Å². The molecule has 2 aromatic rings. The van der Waals surface area contributed by atoms with Gasteiger partial charge < -0.3 is 4.57 Å². The summed E-state index contributed by atoms with van der Waals surface area (Å²) in [5, 5.41) is 0. The maximum Gasteiger partial charge on any atom is 0.141 e. The van der Waals surface area contributed by atoms with Gasteiger partial charge in [0.15, 0.2) is 0 Å². The van der Waals surface area contributed by atoms with Gasteiger partial charge in [0.2, 0.25) is 0 Å². The van der Waals surface area contributed by atoms with E-state index in [0.717, 1.165) is 25.2 Å². The minimum atomic E-state index is 1.02. The molecule has 0 aliphatic carbocycles. The summed E-state index contributed by atoms with van der Waals surface area (Å²) in [5.74, 6) is 1.08. The van der Waals surface area contributed by atoms with Crippen LogP contribution in [0.15, 0.2) is 24.5 Å². The fourth-order valence-electron chi connectivity index (χ4n) is 2.22. The zero-order chi connectivity index (χ0) is 10.3. The SMILES string of the molecule is CCc1cnc2n1CCc1ncccc1-2. The minimum absolute atomic E-state index is 1.02. The standard InChI is InChI=1S/C12H13N3/c1-2-9-8-14-12-10-4-3-6-13-11(10)5-7-15(9)12/h3-4,6,8H,2,5,7H2,1H3. The Hall–Kier alpha value is -1.64. The van der Waals surface area contributed by atoms with Crippen LogP contribution in [0.3, 0.4) is 0 Å². The smallest absolute Gasteiger partial charge is 0.141 e. The summed E-state index contributed by atoms with van der Waals surface area (Å²) in [6.07, 6.45) is 5.91. The molecular weight excluding hydrogens is 186 g/mol. The van der Waals surface area contributed by atoms with Gasteiger partial charge in [0, 0.05) is 36.6 Å². The summed E-state index contributed by atoms with van der Waals surface area (Å²) < 4.78 is 2.31. The minimum Gasteiger partial charge on any atom is -0.328 e. The molecule has 0 saturated carbocycles. The second kappa shape index (κ2) is 3.19. The van der Waals surface area contributed by atoms with Crippen molar-refractivity contribution in [2.75, 3.05) is 0 Å². The lowest BCUT2D eigenvalue weighted by Crippen LogP contribution is -2.14. The highest BCUT2D eigenvalue weighted by atomic mass is 15.1. The average molecular weight is 199 g/mol. The summed E-state index contributed by atoms with van der Waals surface area (Å²) in [7, 11) is 0. The summed E-state index contributed by atoms with van der Waals surface area (Å²) in [5.41, 5.74) is 3.70. The number of aromatic nitrogens is 3. The predicted octanol–water partition coefficient (Wildman–Crippen LogP) is 2.06. The third-order valence-electron chi connectivity index (χ3n) is 3.00. The first-order chi connectivity index (χ1) is 7.40. The fourth-order valence-corrected chi connectivity index (χ4v) is 2.22. The summed E-state index contributed by atoms with van der Waals surface area (Å²) in [6, 6.07) is 4.09. The molecule has 3 nitrogen and oxygen atoms in total. The molecule has 0 unspecified atom stereocenters. The van der Waals surface area contributed by atoms with Gasteiger partial charge in [-0.1, -0.05) is 6.92 Å². The van der Waals surface area contributed by atoms with Crippen LogP contribution in [0, 0.1) is 0 Å². The lowest BCUT2D eigenvalue weighted by atomic mass is 10.1. The van der Waals surface area contributed by atoms with Gasteiger partial charge >= 0.3 is 0 Å². The van der Waals surface area contributed by atoms with Crippen LogP contribution < -0.4 is 0 Å². The van der Waals surface area contributed by atoms with E-state index in [1.54, 1.807) is 0 Å². The van der Waals surface area contributed by atoms with Crippen molar-refractivity contribution in [1.82, 2.24) is 14.5 Å². The Morgan fingerprint density at radius 2 is 2.33 bits per heavy atom. The zero-order valence-corrected chi connectivity index (χ0v) is 8.77. The van der Waals surface area contributed by atoms with Crippen LogP contribution in [0.5, 0.6) is 0 Å². The molecule has 1 aliphatic heterocycles. The predicted molar refractivity (Wildman–Crippen MR) is 58.5 cm³/mol. The number of rotatable bonds is 1. The van der Waals surface area contributed by atoms with Crippen molar-refractivity contribution in [2.45, 2.75) is 26.3 Å². The number of hydrogen-bond acceptors (Lipinski definition) is 2.